The molecule has 0 radical (unpaired) electrons. The summed E-state index contributed by atoms with van der Waals surface area (Å²) in [6, 6.07) is 15.7. The summed E-state index contributed by atoms with van der Waals surface area (Å²) in [6.07, 6.45) is 0.0863. The molecule has 1 aliphatic rings. The number of ether oxygens (including phenoxy) is 1. The second-order valence-electron chi connectivity index (χ2n) is 5.98. The maximum Gasteiger partial charge on any atom is 0.319 e. The number of anilines is 1. The van der Waals surface area contributed by atoms with Gasteiger partial charge in [-0.1, -0.05) is 42.0 Å². The van der Waals surface area contributed by atoms with Crippen LogP contribution >= 0.6 is 12.4 Å². The number of rotatable bonds is 4. The minimum absolute atomic E-state index is 0. The zero-order chi connectivity index (χ0) is 16.8. The predicted molar refractivity (Wildman–Crippen MR) is 102 cm³/mol. The molecule has 25 heavy (non-hydrogen) atoms. The molecule has 0 spiro atoms. The van der Waals surface area contributed by atoms with Crippen LogP contribution in [0.25, 0.3) is 0 Å². The van der Waals surface area contributed by atoms with Crippen LogP contribution in [0.4, 0.5) is 10.5 Å². The van der Waals surface area contributed by atoms with E-state index in [4.69, 9.17) is 4.74 Å². The Labute approximate surface area is 154 Å². The van der Waals surface area contributed by atoms with E-state index in [1.165, 1.54) is 5.56 Å². The molecule has 5 nitrogen and oxygen atoms in total. The van der Waals surface area contributed by atoms with E-state index in [-0.39, 0.29) is 24.5 Å². The molecule has 2 aromatic carbocycles. The van der Waals surface area contributed by atoms with E-state index in [2.05, 4.69) is 16.0 Å². The Morgan fingerprint density at radius 1 is 1.16 bits per heavy atom. The number of benzene rings is 2. The summed E-state index contributed by atoms with van der Waals surface area (Å²) in [5.41, 5.74) is 4.17. The lowest BCUT2D eigenvalue weighted by Crippen LogP contribution is -2.33. The smallest absolute Gasteiger partial charge is 0.319 e. The number of urea groups is 1. The fourth-order valence-electron chi connectivity index (χ4n) is 2.62. The summed E-state index contributed by atoms with van der Waals surface area (Å²) < 4.78 is 5.72. The van der Waals surface area contributed by atoms with Crippen LogP contribution in [0.2, 0.25) is 0 Å². The molecule has 3 N–H and O–H groups in total. The van der Waals surface area contributed by atoms with Crippen molar-refractivity contribution >= 4 is 24.1 Å². The summed E-state index contributed by atoms with van der Waals surface area (Å²) >= 11 is 0. The first-order chi connectivity index (χ1) is 11.7. The predicted octanol–water partition coefficient (Wildman–Crippen LogP) is 3.40. The number of hydrogen-bond donors (Lipinski definition) is 3. The highest BCUT2D eigenvalue weighted by molar-refractivity contribution is 5.89. The number of aryl methyl sites for hydroxylation is 1. The second-order valence-corrected chi connectivity index (χ2v) is 5.98. The Morgan fingerprint density at radius 3 is 2.52 bits per heavy atom. The van der Waals surface area contributed by atoms with Crippen LogP contribution in [0.15, 0.2) is 48.5 Å². The van der Waals surface area contributed by atoms with E-state index in [0.29, 0.717) is 6.54 Å². The lowest BCUT2D eigenvalue weighted by molar-refractivity contribution is 0.0277. The monoisotopic (exact) mass is 361 g/mol. The Morgan fingerprint density at radius 2 is 1.88 bits per heavy atom. The van der Waals surface area contributed by atoms with Crippen molar-refractivity contribution in [2.24, 2.45) is 0 Å². The molecule has 6 heteroatoms. The van der Waals surface area contributed by atoms with Gasteiger partial charge in [0.25, 0.3) is 0 Å². The van der Waals surface area contributed by atoms with Crippen molar-refractivity contribution in [2.75, 3.05) is 25.0 Å². The van der Waals surface area contributed by atoms with Gasteiger partial charge in [0.15, 0.2) is 0 Å². The maximum atomic E-state index is 12.0. The number of hydrogen-bond acceptors (Lipinski definition) is 3. The standard InChI is InChI=1S/C19H23N3O2.ClH/c1-14-2-4-15(5-3-14)12-21-19(23)22-17-8-6-16(7-9-17)18-13-20-10-11-24-18;/h2-9,18,20H,10-13H2,1H3,(H2,21,22,23);1H. The number of carbonyl (C=O) groups is 1. The van der Waals surface area contributed by atoms with Gasteiger partial charge in [-0.05, 0) is 30.2 Å². The van der Waals surface area contributed by atoms with E-state index in [9.17, 15) is 4.79 Å². The highest BCUT2D eigenvalue weighted by Crippen LogP contribution is 2.20. The van der Waals surface area contributed by atoms with Crippen LogP contribution in [-0.4, -0.2) is 25.7 Å². The van der Waals surface area contributed by atoms with Gasteiger partial charge in [-0.3, -0.25) is 0 Å². The molecule has 0 aromatic heterocycles. The van der Waals surface area contributed by atoms with Crippen LogP contribution < -0.4 is 16.0 Å². The summed E-state index contributed by atoms with van der Waals surface area (Å²) in [5.74, 6) is 0. The third kappa shape index (κ3) is 5.74. The van der Waals surface area contributed by atoms with Crippen LogP contribution in [0.3, 0.4) is 0 Å². The van der Waals surface area contributed by atoms with Crippen LogP contribution in [0.1, 0.15) is 22.8 Å². The van der Waals surface area contributed by atoms with Gasteiger partial charge in [0, 0.05) is 25.3 Å². The molecular weight excluding hydrogens is 338 g/mol. The van der Waals surface area contributed by atoms with Gasteiger partial charge in [0.05, 0.1) is 12.7 Å². The second kappa shape index (κ2) is 9.42. The van der Waals surface area contributed by atoms with Gasteiger partial charge in [-0.15, -0.1) is 12.4 Å². The minimum atomic E-state index is -0.209. The molecule has 3 rings (SSSR count). The molecule has 1 heterocycles. The van der Waals surface area contributed by atoms with Crippen molar-refractivity contribution in [1.29, 1.82) is 0 Å². The topological polar surface area (TPSA) is 62.4 Å². The molecule has 134 valence electrons. The SMILES string of the molecule is Cc1ccc(CNC(=O)Nc2ccc(C3CNCCO3)cc2)cc1.Cl. The zero-order valence-electron chi connectivity index (χ0n) is 14.2. The van der Waals surface area contributed by atoms with Gasteiger partial charge in [-0.2, -0.15) is 0 Å². The Balaban J connectivity index is 0.00000225. The summed E-state index contributed by atoms with van der Waals surface area (Å²) in [6.45, 7) is 5.00. The molecule has 0 aliphatic carbocycles. The highest BCUT2D eigenvalue weighted by atomic mass is 35.5. The molecule has 2 aromatic rings. The van der Waals surface area contributed by atoms with Crippen LogP contribution in [0, 0.1) is 6.92 Å². The molecule has 1 atom stereocenters. The first kappa shape index (κ1) is 19.2. The number of nitrogens with one attached hydrogen (secondary N) is 3. The van der Waals surface area contributed by atoms with Crippen molar-refractivity contribution in [3.8, 4) is 0 Å². The molecule has 1 saturated heterocycles. The van der Waals surface area contributed by atoms with E-state index in [1.807, 2.05) is 55.5 Å². The largest absolute Gasteiger partial charge is 0.371 e. The fourth-order valence-corrected chi connectivity index (χ4v) is 2.62. The number of halogens is 1. The first-order valence-corrected chi connectivity index (χ1v) is 8.23. The number of morpholine rings is 1. The number of amides is 2. The Hall–Kier alpha value is -2.08. The zero-order valence-corrected chi connectivity index (χ0v) is 15.1. The Kier molecular flexibility index (Phi) is 7.25. The van der Waals surface area contributed by atoms with Gasteiger partial charge in [-0.25, -0.2) is 4.79 Å². The molecule has 1 unspecified atom stereocenters. The maximum absolute atomic E-state index is 12.0. The van der Waals surface area contributed by atoms with Crippen LogP contribution in [0.5, 0.6) is 0 Å². The van der Waals surface area contributed by atoms with Crippen molar-refractivity contribution < 1.29 is 9.53 Å². The molecule has 1 fully saturated rings. The average Bonchev–Trinajstić information content (AvgIpc) is 2.63. The normalized spacial score (nSPS) is 16.6. The third-order valence-electron chi connectivity index (χ3n) is 4.04. The van der Waals surface area contributed by atoms with E-state index < -0.39 is 0 Å². The first-order valence-electron chi connectivity index (χ1n) is 8.23. The highest BCUT2D eigenvalue weighted by Gasteiger charge is 2.15. The third-order valence-corrected chi connectivity index (χ3v) is 4.04. The van der Waals surface area contributed by atoms with Gasteiger partial charge in [0.1, 0.15) is 0 Å². The fraction of sp³-hybridized carbons (Fsp3) is 0.316. The number of carbonyl (C=O) groups excluding carboxylic acids is 1. The summed E-state index contributed by atoms with van der Waals surface area (Å²) in [7, 11) is 0. The van der Waals surface area contributed by atoms with E-state index in [1.54, 1.807) is 0 Å². The lowest BCUT2D eigenvalue weighted by Gasteiger charge is -2.24. The van der Waals surface area contributed by atoms with Gasteiger partial charge < -0.3 is 20.7 Å². The van der Waals surface area contributed by atoms with Crippen LogP contribution in [-0.2, 0) is 11.3 Å². The lowest BCUT2D eigenvalue weighted by atomic mass is 10.1. The summed E-state index contributed by atoms with van der Waals surface area (Å²) in [5, 5.41) is 9.02. The molecule has 1 aliphatic heterocycles. The average molecular weight is 362 g/mol. The van der Waals surface area contributed by atoms with Gasteiger partial charge >= 0.3 is 6.03 Å². The van der Waals surface area contributed by atoms with Crippen molar-refractivity contribution in [1.82, 2.24) is 10.6 Å². The van der Waals surface area contributed by atoms with Crippen molar-refractivity contribution in [3.63, 3.8) is 0 Å². The van der Waals surface area contributed by atoms with Crippen molar-refractivity contribution in [3.05, 3.63) is 65.2 Å². The molecular formula is C19H24ClN3O2. The minimum Gasteiger partial charge on any atom is -0.371 e. The molecule has 0 saturated carbocycles. The molecule has 2 amide bonds. The Bertz CT molecular complexity index is 668. The van der Waals surface area contributed by atoms with E-state index >= 15 is 0 Å². The quantitative estimate of drug-likeness (QED) is 0.782. The summed E-state index contributed by atoms with van der Waals surface area (Å²) in [4.78, 5) is 12.0. The molecule has 0 bridgehead atoms. The van der Waals surface area contributed by atoms with Crippen molar-refractivity contribution in [2.45, 2.75) is 19.6 Å². The van der Waals surface area contributed by atoms with Gasteiger partial charge in [0.2, 0.25) is 0 Å². The van der Waals surface area contributed by atoms with E-state index in [0.717, 1.165) is 36.5 Å².